The molecule has 1 fully saturated rings. The SMILES string of the molecule is CC1(C)[C@H](CO)[C@H]1c1cccc(C(F)(F)F)c1. The molecular formula is C13H15F3O. The molecule has 94 valence electrons. The van der Waals surface area contributed by atoms with Gasteiger partial charge in [-0.2, -0.15) is 13.2 Å². The minimum atomic E-state index is -4.30. The van der Waals surface area contributed by atoms with E-state index in [-0.39, 0.29) is 23.9 Å². The van der Waals surface area contributed by atoms with Crippen LogP contribution in [-0.4, -0.2) is 11.7 Å². The molecule has 1 aromatic carbocycles. The van der Waals surface area contributed by atoms with Gasteiger partial charge in [0.2, 0.25) is 0 Å². The average Bonchev–Trinajstić information content (AvgIpc) is 2.79. The molecule has 17 heavy (non-hydrogen) atoms. The molecule has 0 amide bonds. The van der Waals surface area contributed by atoms with Crippen molar-refractivity contribution in [2.24, 2.45) is 11.3 Å². The maximum absolute atomic E-state index is 12.6. The Balaban J connectivity index is 2.30. The molecule has 0 saturated heterocycles. The minimum Gasteiger partial charge on any atom is -0.396 e. The molecule has 1 aliphatic rings. The van der Waals surface area contributed by atoms with Crippen LogP contribution in [0.3, 0.4) is 0 Å². The highest BCUT2D eigenvalue weighted by Crippen LogP contribution is 2.64. The number of halogens is 3. The minimum absolute atomic E-state index is 0.0217. The molecule has 1 aliphatic carbocycles. The predicted octanol–water partition coefficient (Wildman–Crippen LogP) is 3.44. The van der Waals surface area contributed by atoms with Crippen LogP contribution >= 0.6 is 0 Å². The van der Waals surface area contributed by atoms with Crippen molar-refractivity contribution in [1.29, 1.82) is 0 Å². The van der Waals surface area contributed by atoms with Gasteiger partial charge >= 0.3 is 6.18 Å². The number of hydrogen-bond donors (Lipinski definition) is 1. The van der Waals surface area contributed by atoms with Crippen molar-refractivity contribution >= 4 is 0 Å². The van der Waals surface area contributed by atoms with E-state index >= 15 is 0 Å². The van der Waals surface area contributed by atoms with Crippen LogP contribution in [0.1, 0.15) is 30.9 Å². The van der Waals surface area contributed by atoms with Crippen LogP contribution in [-0.2, 0) is 6.18 Å². The molecule has 0 bridgehead atoms. The Hall–Kier alpha value is -1.03. The Morgan fingerprint density at radius 3 is 2.41 bits per heavy atom. The van der Waals surface area contributed by atoms with E-state index in [4.69, 9.17) is 0 Å². The standard InChI is InChI=1S/C13H15F3O/c1-12(2)10(7-17)11(12)8-4-3-5-9(6-8)13(14,15)16/h3-6,10-11,17H,7H2,1-2H3/t10-,11-/m1/s1. The monoisotopic (exact) mass is 244 g/mol. The second-order valence-electron chi connectivity index (χ2n) is 5.21. The van der Waals surface area contributed by atoms with Crippen LogP contribution in [0.25, 0.3) is 0 Å². The molecular weight excluding hydrogens is 229 g/mol. The first-order chi connectivity index (χ1) is 7.78. The van der Waals surface area contributed by atoms with Gasteiger partial charge in [-0.3, -0.25) is 0 Å². The molecule has 0 aromatic heterocycles. The first-order valence-electron chi connectivity index (χ1n) is 5.56. The van der Waals surface area contributed by atoms with Crippen LogP contribution in [0.2, 0.25) is 0 Å². The fraction of sp³-hybridized carbons (Fsp3) is 0.538. The molecule has 1 aromatic rings. The molecule has 1 nitrogen and oxygen atoms in total. The summed E-state index contributed by atoms with van der Waals surface area (Å²) < 4.78 is 37.7. The number of hydrogen-bond acceptors (Lipinski definition) is 1. The Labute approximate surface area is 98.3 Å². The number of benzene rings is 1. The lowest BCUT2D eigenvalue weighted by molar-refractivity contribution is -0.137. The van der Waals surface area contributed by atoms with Gasteiger partial charge in [-0.05, 0) is 28.9 Å². The van der Waals surface area contributed by atoms with Crippen molar-refractivity contribution in [2.75, 3.05) is 6.61 Å². The number of rotatable bonds is 2. The summed E-state index contributed by atoms with van der Waals surface area (Å²) in [5.74, 6) is 0.0841. The summed E-state index contributed by atoms with van der Waals surface area (Å²) in [6, 6.07) is 5.41. The van der Waals surface area contributed by atoms with E-state index in [0.717, 1.165) is 6.07 Å². The third kappa shape index (κ3) is 2.06. The Morgan fingerprint density at radius 1 is 1.29 bits per heavy atom. The normalized spacial score (nSPS) is 26.9. The lowest BCUT2D eigenvalue weighted by Crippen LogP contribution is -2.05. The van der Waals surface area contributed by atoms with Crippen LogP contribution in [0.4, 0.5) is 13.2 Å². The van der Waals surface area contributed by atoms with Crippen molar-refractivity contribution < 1.29 is 18.3 Å². The highest BCUT2D eigenvalue weighted by atomic mass is 19.4. The molecule has 2 atom stereocenters. The molecule has 0 heterocycles. The van der Waals surface area contributed by atoms with Crippen molar-refractivity contribution in [1.82, 2.24) is 0 Å². The molecule has 1 saturated carbocycles. The van der Waals surface area contributed by atoms with Gasteiger partial charge < -0.3 is 5.11 Å². The average molecular weight is 244 g/mol. The second kappa shape index (κ2) is 3.73. The smallest absolute Gasteiger partial charge is 0.396 e. The highest BCUT2D eigenvalue weighted by Gasteiger charge is 2.57. The first kappa shape index (κ1) is 12.4. The molecule has 0 spiro atoms. The van der Waals surface area contributed by atoms with E-state index < -0.39 is 11.7 Å². The van der Waals surface area contributed by atoms with Crippen molar-refractivity contribution in [3.8, 4) is 0 Å². The van der Waals surface area contributed by atoms with Gasteiger partial charge in [0.25, 0.3) is 0 Å². The Morgan fingerprint density at radius 2 is 1.94 bits per heavy atom. The lowest BCUT2D eigenvalue weighted by Gasteiger charge is -2.09. The van der Waals surface area contributed by atoms with Gasteiger partial charge in [-0.25, -0.2) is 0 Å². The summed E-state index contributed by atoms with van der Waals surface area (Å²) in [4.78, 5) is 0. The van der Waals surface area contributed by atoms with E-state index in [0.29, 0.717) is 5.56 Å². The van der Waals surface area contributed by atoms with Crippen LogP contribution in [0.15, 0.2) is 24.3 Å². The lowest BCUT2D eigenvalue weighted by atomic mass is 10.0. The van der Waals surface area contributed by atoms with E-state index in [1.807, 2.05) is 13.8 Å². The van der Waals surface area contributed by atoms with Crippen LogP contribution in [0, 0.1) is 11.3 Å². The number of alkyl halides is 3. The molecule has 2 rings (SSSR count). The van der Waals surface area contributed by atoms with E-state index in [9.17, 15) is 18.3 Å². The van der Waals surface area contributed by atoms with Gasteiger partial charge in [0.05, 0.1) is 5.56 Å². The van der Waals surface area contributed by atoms with Gasteiger partial charge in [0, 0.05) is 6.61 Å². The van der Waals surface area contributed by atoms with E-state index in [1.165, 1.54) is 12.1 Å². The van der Waals surface area contributed by atoms with Gasteiger partial charge in [-0.1, -0.05) is 32.0 Å². The zero-order valence-corrected chi connectivity index (χ0v) is 9.75. The third-order valence-corrected chi connectivity index (χ3v) is 3.82. The Kier molecular flexibility index (Phi) is 2.73. The van der Waals surface area contributed by atoms with Crippen molar-refractivity contribution in [2.45, 2.75) is 25.9 Å². The van der Waals surface area contributed by atoms with E-state index in [1.54, 1.807) is 6.07 Å². The first-order valence-corrected chi connectivity index (χ1v) is 5.56. The highest BCUT2D eigenvalue weighted by molar-refractivity contribution is 5.35. The molecule has 4 heteroatoms. The second-order valence-corrected chi connectivity index (χ2v) is 5.21. The van der Waals surface area contributed by atoms with Gasteiger partial charge in [0.15, 0.2) is 0 Å². The van der Waals surface area contributed by atoms with Gasteiger partial charge in [-0.15, -0.1) is 0 Å². The Bertz CT molecular complexity index is 423. The summed E-state index contributed by atoms with van der Waals surface area (Å²) in [6.07, 6.45) is -4.30. The summed E-state index contributed by atoms with van der Waals surface area (Å²) in [6.45, 7) is 3.96. The number of aliphatic hydroxyl groups excluding tert-OH is 1. The quantitative estimate of drug-likeness (QED) is 0.845. The summed E-state index contributed by atoms with van der Waals surface area (Å²) >= 11 is 0. The third-order valence-electron chi connectivity index (χ3n) is 3.82. The fourth-order valence-electron chi connectivity index (χ4n) is 2.66. The zero-order valence-electron chi connectivity index (χ0n) is 9.75. The number of aliphatic hydroxyl groups is 1. The summed E-state index contributed by atoms with van der Waals surface area (Å²) in [7, 11) is 0. The molecule has 1 N–H and O–H groups in total. The zero-order chi connectivity index (χ0) is 12.8. The fourth-order valence-corrected chi connectivity index (χ4v) is 2.66. The van der Waals surface area contributed by atoms with Crippen LogP contribution < -0.4 is 0 Å². The van der Waals surface area contributed by atoms with Crippen LogP contribution in [0.5, 0.6) is 0 Å². The topological polar surface area (TPSA) is 20.2 Å². The summed E-state index contributed by atoms with van der Waals surface area (Å²) in [5, 5.41) is 9.18. The summed E-state index contributed by atoms with van der Waals surface area (Å²) in [5.41, 5.74) is -0.0582. The maximum Gasteiger partial charge on any atom is 0.416 e. The largest absolute Gasteiger partial charge is 0.416 e. The van der Waals surface area contributed by atoms with Crippen molar-refractivity contribution in [3.05, 3.63) is 35.4 Å². The van der Waals surface area contributed by atoms with Gasteiger partial charge in [0.1, 0.15) is 0 Å². The van der Waals surface area contributed by atoms with E-state index in [2.05, 4.69) is 0 Å². The maximum atomic E-state index is 12.6. The molecule has 0 unspecified atom stereocenters. The predicted molar refractivity (Wildman–Crippen MR) is 58.5 cm³/mol. The van der Waals surface area contributed by atoms with Crippen molar-refractivity contribution in [3.63, 3.8) is 0 Å². The molecule has 0 aliphatic heterocycles. The molecule has 0 radical (unpaired) electrons.